The van der Waals surface area contributed by atoms with Crippen molar-refractivity contribution < 1.29 is 42.5 Å². The van der Waals surface area contributed by atoms with Gasteiger partial charge in [0.25, 0.3) is 5.56 Å². The molecule has 1 aromatic carbocycles. The third kappa shape index (κ3) is 7.15. The molecule has 1 saturated heterocycles. The van der Waals surface area contributed by atoms with Gasteiger partial charge in [-0.1, -0.05) is 24.1 Å². The molecule has 1 aromatic heterocycles. The Hall–Kier alpha value is -3.89. The number of benzene rings is 1. The fourth-order valence-electron chi connectivity index (χ4n) is 3.77. The molecule has 0 saturated carbocycles. The fraction of sp³-hybridized carbons (Fsp3) is 0.417. The number of nitrogens with one attached hydrogen (secondary N) is 2. The second kappa shape index (κ2) is 12.3. The average molecular weight is 565 g/mol. The highest BCUT2D eigenvalue weighted by molar-refractivity contribution is 7.52. The highest BCUT2D eigenvalue weighted by atomic mass is 31.2. The lowest BCUT2D eigenvalue weighted by molar-refractivity contribution is -0.149. The second-order valence-corrected chi connectivity index (χ2v) is 10.4. The first-order chi connectivity index (χ1) is 18.4. The molecule has 3 rings (SSSR count). The van der Waals surface area contributed by atoms with Gasteiger partial charge in [0.1, 0.15) is 17.9 Å². The van der Waals surface area contributed by atoms with E-state index in [9.17, 15) is 28.8 Å². The number of carboxylic acid groups (broad SMARTS) is 1. The fourth-order valence-corrected chi connectivity index (χ4v) is 5.27. The molecule has 15 heteroatoms. The van der Waals surface area contributed by atoms with Crippen molar-refractivity contribution in [3.63, 3.8) is 0 Å². The van der Waals surface area contributed by atoms with Crippen LogP contribution in [0.3, 0.4) is 0 Å². The van der Waals surface area contributed by atoms with Crippen molar-refractivity contribution in [2.75, 3.05) is 13.2 Å². The van der Waals surface area contributed by atoms with E-state index in [0.717, 1.165) is 16.8 Å². The number of para-hydroxylation sites is 1. The number of aromatic nitrogens is 2. The highest BCUT2D eigenvalue weighted by Crippen LogP contribution is 2.46. The first-order valence-electron chi connectivity index (χ1n) is 11.7. The first-order valence-corrected chi connectivity index (χ1v) is 13.2. The molecule has 5 unspecified atom stereocenters. The Labute approximate surface area is 222 Å². The minimum Gasteiger partial charge on any atom is -0.462 e. The van der Waals surface area contributed by atoms with Crippen LogP contribution in [0.4, 0.5) is 4.79 Å². The molecule has 0 spiro atoms. The SMILES string of the molecule is C#CC1(n2ccc(=O)[nH]c2=O)COC(COP(=O)(NC(C)C(=O)OC(C)C)Oc2ccccc2)C1OC(=O)O. The van der Waals surface area contributed by atoms with E-state index in [2.05, 4.69) is 11.0 Å². The smallest absolute Gasteiger partial charge is 0.462 e. The normalized spacial score (nSPS) is 22.8. The van der Waals surface area contributed by atoms with E-state index >= 15 is 0 Å². The molecule has 210 valence electrons. The van der Waals surface area contributed by atoms with Crippen molar-refractivity contribution in [3.8, 4) is 18.1 Å². The summed E-state index contributed by atoms with van der Waals surface area (Å²) in [6.07, 6.45) is 1.79. The van der Waals surface area contributed by atoms with Crippen LogP contribution in [0.25, 0.3) is 0 Å². The van der Waals surface area contributed by atoms with Crippen LogP contribution in [0.15, 0.2) is 52.2 Å². The van der Waals surface area contributed by atoms with Crippen molar-refractivity contribution in [3.05, 3.63) is 63.4 Å². The zero-order chi connectivity index (χ0) is 28.8. The second-order valence-electron chi connectivity index (χ2n) is 8.74. The van der Waals surface area contributed by atoms with Crippen LogP contribution in [0.5, 0.6) is 5.75 Å². The molecule has 0 amide bonds. The van der Waals surface area contributed by atoms with Crippen molar-refractivity contribution >= 4 is 19.9 Å². The molecule has 14 nitrogen and oxygen atoms in total. The van der Waals surface area contributed by atoms with Crippen LogP contribution >= 0.6 is 7.75 Å². The monoisotopic (exact) mass is 565 g/mol. The predicted molar refractivity (Wildman–Crippen MR) is 135 cm³/mol. The van der Waals surface area contributed by atoms with Crippen LogP contribution in [0.1, 0.15) is 20.8 Å². The Kier molecular flexibility index (Phi) is 9.36. The molecule has 5 atom stereocenters. The first kappa shape index (κ1) is 29.7. The van der Waals surface area contributed by atoms with E-state index in [4.69, 9.17) is 29.7 Å². The van der Waals surface area contributed by atoms with E-state index in [1.54, 1.807) is 32.0 Å². The van der Waals surface area contributed by atoms with Crippen LogP contribution in [0.2, 0.25) is 0 Å². The topological polar surface area (TPSA) is 184 Å². The van der Waals surface area contributed by atoms with E-state index in [-0.39, 0.29) is 5.75 Å². The standard InChI is InChI=1S/C24H28N3O11P/c1-5-24(27-12-11-19(28)25-22(27)30)14-34-18(20(24)37-23(31)32)13-35-39(33,38-17-9-7-6-8-10-17)26-16(4)21(29)36-15(2)3/h1,6-12,15-16,18,20H,13-14H2,2-4H3,(H,26,33)(H,31,32)(H,25,28,30). The maximum atomic E-state index is 13.8. The van der Waals surface area contributed by atoms with E-state index in [1.165, 1.54) is 19.1 Å². The number of carbonyl (C=O) groups excluding carboxylic acids is 1. The minimum absolute atomic E-state index is 0.140. The summed E-state index contributed by atoms with van der Waals surface area (Å²) in [5.41, 5.74) is -3.45. The quantitative estimate of drug-likeness (QED) is 0.203. The summed E-state index contributed by atoms with van der Waals surface area (Å²) in [5.74, 6) is 1.75. The van der Waals surface area contributed by atoms with Gasteiger partial charge in [-0.3, -0.25) is 23.7 Å². The summed E-state index contributed by atoms with van der Waals surface area (Å²) in [7, 11) is -4.35. The Morgan fingerprint density at radius 1 is 1.28 bits per heavy atom. The average Bonchev–Trinajstić information content (AvgIpc) is 3.20. The summed E-state index contributed by atoms with van der Waals surface area (Å²) in [5, 5.41) is 11.9. The molecule has 2 heterocycles. The van der Waals surface area contributed by atoms with Crippen molar-refractivity contribution in [1.82, 2.24) is 14.6 Å². The van der Waals surface area contributed by atoms with E-state index in [0.29, 0.717) is 0 Å². The molecule has 0 aliphatic carbocycles. The van der Waals surface area contributed by atoms with Crippen molar-refractivity contribution in [2.45, 2.75) is 50.7 Å². The van der Waals surface area contributed by atoms with Crippen LogP contribution < -0.4 is 20.9 Å². The number of H-pyrrole nitrogens is 1. The number of esters is 1. The van der Waals surface area contributed by atoms with Crippen molar-refractivity contribution in [1.29, 1.82) is 0 Å². The van der Waals surface area contributed by atoms with Gasteiger partial charge in [-0.15, -0.1) is 6.42 Å². The molecule has 1 aliphatic rings. The molecule has 0 bridgehead atoms. The molecule has 2 aromatic rings. The van der Waals surface area contributed by atoms with Gasteiger partial charge in [-0.2, -0.15) is 5.09 Å². The number of hydrogen-bond acceptors (Lipinski definition) is 10. The number of rotatable bonds is 11. The van der Waals surface area contributed by atoms with Gasteiger partial charge in [0.05, 0.1) is 19.3 Å². The van der Waals surface area contributed by atoms with Crippen LogP contribution in [0, 0.1) is 12.3 Å². The van der Waals surface area contributed by atoms with Crippen molar-refractivity contribution in [2.24, 2.45) is 0 Å². The Morgan fingerprint density at radius 2 is 1.97 bits per heavy atom. The zero-order valence-corrected chi connectivity index (χ0v) is 22.2. The highest BCUT2D eigenvalue weighted by Gasteiger charge is 2.54. The molecule has 3 N–H and O–H groups in total. The third-order valence-corrected chi connectivity index (χ3v) is 7.14. The molecule has 1 aliphatic heterocycles. The summed E-state index contributed by atoms with van der Waals surface area (Å²) in [4.78, 5) is 50.0. The van der Waals surface area contributed by atoms with Gasteiger partial charge in [-0.25, -0.2) is 14.2 Å². The van der Waals surface area contributed by atoms with Gasteiger partial charge < -0.3 is 23.8 Å². The Bertz CT molecular complexity index is 1380. The molecular formula is C24H28N3O11P. The lowest BCUT2D eigenvalue weighted by atomic mass is 9.92. The van der Waals surface area contributed by atoms with Gasteiger partial charge in [0, 0.05) is 12.3 Å². The van der Waals surface area contributed by atoms with Gasteiger partial charge in [0.2, 0.25) is 0 Å². The van der Waals surface area contributed by atoms with E-state index < -0.39 is 74.2 Å². The minimum atomic E-state index is -4.35. The van der Waals surface area contributed by atoms with Crippen LogP contribution in [-0.4, -0.2) is 64.3 Å². The predicted octanol–water partition coefficient (Wildman–Crippen LogP) is 1.46. The number of hydrogen-bond donors (Lipinski definition) is 3. The largest absolute Gasteiger partial charge is 0.506 e. The number of terminal acetylenes is 1. The zero-order valence-electron chi connectivity index (χ0n) is 21.3. The van der Waals surface area contributed by atoms with Gasteiger partial charge >= 0.3 is 25.6 Å². The Balaban J connectivity index is 1.90. The third-order valence-electron chi connectivity index (χ3n) is 5.49. The molecule has 0 radical (unpaired) electrons. The summed E-state index contributed by atoms with van der Waals surface area (Å²) < 4.78 is 41.6. The summed E-state index contributed by atoms with van der Waals surface area (Å²) in [6.45, 7) is 3.65. The molecule has 39 heavy (non-hydrogen) atoms. The maximum Gasteiger partial charge on any atom is 0.506 e. The number of nitrogens with zero attached hydrogens (tertiary/aromatic N) is 1. The Morgan fingerprint density at radius 3 is 2.56 bits per heavy atom. The number of carbonyl (C=O) groups is 2. The van der Waals surface area contributed by atoms with Crippen LogP contribution in [-0.2, 0) is 33.6 Å². The lowest BCUT2D eigenvalue weighted by Gasteiger charge is -2.31. The van der Waals surface area contributed by atoms with Gasteiger partial charge in [0.15, 0.2) is 11.6 Å². The molecular weight excluding hydrogens is 537 g/mol. The van der Waals surface area contributed by atoms with Gasteiger partial charge in [-0.05, 0) is 32.9 Å². The summed E-state index contributed by atoms with van der Waals surface area (Å²) >= 11 is 0. The maximum absolute atomic E-state index is 13.8. The number of ether oxygens (including phenoxy) is 3. The number of aromatic amines is 1. The summed E-state index contributed by atoms with van der Waals surface area (Å²) in [6, 6.07) is 7.83. The lowest BCUT2D eigenvalue weighted by Crippen LogP contribution is -2.53. The van der Waals surface area contributed by atoms with E-state index in [1.807, 2.05) is 4.98 Å². The molecule has 1 fully saturated rings.